The van der Waals surface area contributed by atoms with Crippen LogP contribution in [0.3, 0.4) is 0 Å². The van der Waals surface area contributed by atoms with Crippen LogP contribution in [0.5, 0.6) is 0 Å². The largest absolute Gasteiger partial charge is 0.423 e. The third kappa shape index (κ3) is 5.20. The predicted molar refractivity (Wildman–Crippen MR) is 126 cm³/mol. The van der Waals surface area contributed by atoms with Gasteiger partial charge < -0.3 is 9.73 Å². The Balaban J connectivity index is 1.57. The Labute approximate surface area is 202 Å². The maximum atomic E-state index is 12.7. The van der Waals surface area contributed by atoms with Gasteiger partial charge in [-0.1, -0.05) is 22.9 Å². The lowest BCUT2D eigenvalue weighted by Gasteiger charge is -2.09. The van der Waals surface area contributed by atoms with E-state index in [1.807, 2.05) is 0 Å². The number of benzene rings is 2. The van der Waals surface area contributed by atoms with Crippen LogP contribution >= 0.6 is 22.9 Å². The molecule has 0 saturated heterocycles. The maximum Gasteiger partial charge on any atom is 0.336 e. The molecule has 178 valence electrons. The zero-order valence-corrected chi connectivity index (χ0v) is 20.5. The molecule has 4 aromatic rings. The summed E-state index contributed by atoms with van der Waals surface area (Å²) in [4.78, 5) is 11.6. The van der Waals surface area contributed by atoms with E-state index in [-0.39, 0.29) is 16.2 Å². The summed E-state index contributed by atoms with van der Waals surface area (Å²) < 4.78 is 57.6. The van der Waals surface area contributed by atoms with Gasteiger partial charge >= 0.3 is 5.63 Å². The summed E-state index contributed by atoms with van der Waals surface area (Å²) in [6.45, 7) is 0.271. The van der Waals surface area contributed by atoms with E-state index >= 15 is 0 Å². The molecule has 0 unspecified atom stereocenters. The topological polar surface area (TPSA) is 167 Å². The molecule has 0 aliphatic carbocycles. The fourth-order valence-electron chi connectivity index (χ4n) is 2.97. The van der Waals surface area contributed by atoms with Gasteiger partial charge in [0.1, 0.15) is 5.58 Å². The second-order valence-electron chi connectivity index (χ2n) is 6.99. The Kier molecular flexibility index (Phi) is 6.35. The fourth-order valence-corrected chi connectivity index (χ4v) is 5.90. The van der Waals surface area contributed by atoms with Crippen LogP contribution in [0.25, 0.3) is 11.0 Å². The molecule has 2 aromatic carbocycles. The Hall–Kier alpha value is -3.04. The number of hydrogen-bond donors (Lipinski definition) is 2. The van der Waals surface area contributed by atoms with Crippen LogP contribution in [0.4, 0.5) is 5.69 Å². The van der Waals surface area contributed by atoms with Crippen molar-refractivity contribution in [2.45, 2.75) is 15.8 Å². The van der Waals surface area contributed by atoms with Crippen molar-refractivity contribution in [3.05, 3.63) is 74.3 Å². The highest BCUT2D eigenvalue weighted by Gasteiger charge is 2.18. The first-order chi connectivity index (χ1) is 15.9. The summed E-state index contributed by atoms with van der Waals surface area (Å²) in [5, 5.41) is 13.0. The molecule has 0 aliphatic heterocycles. The van der Waals surface area contributed by atoms with Gasteiger partial charge in [0.05, 0.1) is 4.90 Å². The lowest BCUT2D eigenvalue weighted by Crippen LogP contribution is -2.15. The molecule has 15 heteroatoms. The smallest absolute Gasteiger partial charge is 0.336 e. The number of primary sulfonamides is 1. The number of nitrogens with zero attached hydrogens (tertiary/aromatic N) is 3. The molecular formula is C19H16ClN5O6S3. The summed E-state index contributed by atoms with van der Waals surface area (Å²) in [5.41, 5.74) is 1.12. The molecule has 0 amide bonds. The summed E-state index contributed by atoms with van der Waals surface area (Å²) in [7, 11) is -6.88. The van der Waals surface area contributed by atoms with Gasteiger partial charge in [0.25, 0.3) is 20.0 Å². The predicted octanol–water partition coefficient (Wildman–Crippen LogP) is 1.79. The van der Waals surface area contributed by atoms with Gasteiger partial charge in [-0.3, -0.25) is 0 Å². The first-order valence-corrected chi connectivity index (χ1v) is 13.5. The lowest BCUT2D eigenvalue weighted by atomic mass is 10.1. The number of nitrogens with one attached hydrogen (secondary N) is 1. The molecule has 0 saturated carbocycles. The van der Waals surface area contributed by atoms with Gasteiger partial charge in [0.2, 0.25) is 9.14 Å². The number of anilines is 1. The van der Waals surface area contributed by atoms with Crippen LogP contribution in [-0.2, 0) is 33.6 Å². The number of fused-ring (bicyclic) bond motifs is 1. The molecule has 0 aliphatic rings. The summed E-state index contributed by atoms with van der Waals surface area (Å²) in [6, 6.07) is 12.1. The second kappa shape index (κ2) is 8.96. The first-order valence-electron chi connectivity index (χ1n) is 9.36. The third-order valence-corrected chi connectivity index (χ3v) is 8.50. The minimum Gasteiger partial charge on any atom is -0.423 e. The van der Waals surface area contributed by atoms with E-state index in [0.29, 0.717) is 38.6 Å². The van der Waals surface area contributed by atoms with Crippen LogP contribution in [0.2, 0.25) is 5.02 Å². The van der Waals surface area contributed by atoms with E-state index < -0.39 is 30.0 Å². The van der Waals surface area contributed by atoms with Gasteiger partial charge in [0.15, 0.2) is 0 Å². The van der Waals surface area contributed by atoms with Gasteiger partial charge in [-0.15, -0.1) is 9.50 Å². The lowest BCUT2D eigenvalue weighted by molar-refractivity contribution is 0.559. The average Bonchev–Trinajstić information content (AvgIpc) is 3.12. The fraction of sp³-hybridized carbons (Fsp3) is 0.105. The molecule has 4 rings (SSSR count). The van der Waals surface area contributed by atoms with Gasteiger partial charge in [-0.05, 0) is 42.0 Å². The minimum absolute atomic E-state index is 0.107. The molecule has 0 bridgehead atoms. The van der Waals surface area contributed by atoms with Crippen molar-refractivity contribution >= 4 is 59.6 Å². The number of rotatable bonds is 6. The highest BCUT2D eigenvalue weighted by Crippen LogP contribution is 2.23. The number of aromatic nitrogens is 2. The zero-order chi connectivity index (χ0) is 24.7. The highest BCUT2D eigenvalue weighted by atomic mass is 35.5. The summed E-state index contributed by atoms with van der Waals surface area (Å²) in [5.74, 6) is 0. The number of nitrogens with two attached hydrogens (primary N) is 1. The molecule has 0 radical (unpaired) electrons. The van der Waals surface area contributed by atoms with Crippen molar-refractivity contribution in [2.24, 2.45) is 16.6 Å². The molecule has 2 heterocycles. The zero-order valence-electron chi connectivity index (χ0n) is 17.3. The van der Waals surface area contributed by atoms with E-state index in [9.17, 15) is 21.6 Å². The molecule has 0 fully saturated rings. The molecule has 3 N–H and O–H groups in total. The SMILES string of the molecule is Cn1nc(S(N)(=O)=O)sc1=NS(=O)(=O)c1ccc(NCc2cc(=O)oc3cc(Cl)ccc23)cc1. The number of halogens is 1. The van der Waals surface area contributed by atoms with Crippen molar-refractivity contribution < 1.29 is 21.3 Å². The van der Waals surface area contributed by atoms with E-state index in [1.165, 1.54) is 37.4 Å². The number of aryl methyl sites for hydroxylation is 1. The number of hydrogen-bond acceptors (Lipinski definition) is 9. The molecule has 0 atom stereocenters. The van der Waals surface area contributed by atoms with Gasteiger partial charge in [-0.25, -0.2) is 23.0 Å². The van der Waals surface area contributed by atoms with E-state index in [2.05, 4.69) is 14.8 Å². The minimum atomic E-state index is -4.15. The molecule has 0 spiro atoms. The average molecular weight is 542 g/mol. The summed E-state index contributed by atoms with van der Waals surface area (Å²) >= 11 is 6.50. The van der Waals surface area contributed by atoms with Gasteiger partial charge in [0, 0.05) is 41.8 Å². The van der Waals surface area contributed by atoms with E-state index in [4.69, 9.17) is 21.2 Å². The Morgan fingerprint density at radius 2 is 1.85 bits per heavy atom. The van der Waals surface area contributed by atoms with E-state index in [1.54, 1.807) is 18.2 Å². The van der Waals surface area contributed by atoms with Crippen molar-refractivity contribution in [3.8, 4) is 0 Å². The first kappa shape index (κ1) is 24.1. The van der Waals surface area contributed by atoms with Crippen LogP contribution in [0.1, 0.15) is 5.56 Å². The van der Waals surface area contributed by atoms with Crippen LogP contribution < -0.4 is 20.9 Å². The quantitative estimate of drug-likeness (QED) is 0.348. The number of sulfonamides is 2. The standard InChI is InChI=1S/C19H16ClN5O6S3/c1-25-18(32-19(23-25)33(21,27)28)24-34(29,30)14-5-3-13(4-6-14)22-10-11-8-17(26)31-16-9-12(20)2-7-15(11)16/h2-9,22H,10H2,1H3,(H2,21,27,28). The summed E-state index contributed by atoms with van der Waals surface area (Å²) in [6.07, 6.45) is 0. The van der Waals surface area contributed by atoms with Gasteiger partial charge in [-0.2, -0.15) is 8.42 Å². The van der Waals surface area contributed by atoms with Crippen LogP contribution in [0.15, 0.2) is 71.4 Å². The monoisotopic (exact) mass is 541 g/mol. The third-order valence-electron chi connectivity index (χ3n) is 4.56. The van der Waals surface area contributed by atoms with Crippen LogP contribution in [-0.4, -0.2) is 26.6 Å². The van der Waals surface area contributed by atoms with E-state index in [0.717, 1.165) is 4.68 Å². The Morgan fingerprint density at radius 1 is 1.15 bits per heavy atom. The second-order valence-corrected chi connectivity index (χ2v) is 11.7. The molecular weight excluding hydrogens is 526 g/mol. The molecule has 2 aromatic heterocycles. The van der Waals surface area contributed by atoms with Crippen molar-refractivity contribution in [2.75, 3.05) is 5.32 Å². The molecule has 11 nitrogen and oxygen atoms in total. The Morgan fingerprint density at radius 3 is 2.50 bits per heavy atom. The highest BCUT2D eigenvalue weighted by molar-refractivity contribution is 7.91. The van der Waals surface area contributed by atoms with Crippen molar-refractivity contribution in [1.82, 2.24) is 9.78 Å². The van der Waals surface area contributed by atoms with Crippen LogP contribution in [0, 0.1) is 0 Å². The maximum absolute atomic E-state index is 12.7. The Bertz CT molecular complexity index is 1740. The normalized spacial score (nSPS) is 12.9. The molecule has 34 heavy (non-hydrogen) atoms. The van der Waals surface area contributed by atoms with Crippen molar-refractivity contribution in [1.29, 1.82) is 0 Å². The van der Waals surface area contributed by atoms with Crippen molar-refractivity contribution in [3.63, 3.8) is 0 Å².